The van der Waals surface area contributed by atoms with Crippen molar-refractivity contribution in [1.82, 2.24) is 0 Å². The van der Waals surface area contributed by atoms with Gasteiger partial charge >= 0.3 is 0 Å². The van der Waals surface area contributed by atoms with Crippen molar-refractivity contribution in [2.45, 2.75) is 35.8 Å². The van der Waals surface area contributed by atoms with Gasteiger partial charge in [0.15, 0.2) is 21.5 Å². The molecule has 0 aliphatic rings. The zero-order valence-electron chi connectivity index (χ0n) is 13.9. The molecule has 0 aliphatic carbocycles. The summed E-state index contributed by atoms with van der Waals surface area (Å²) in [4.78, 5) is -0.126. The fourth-order valence-corrected chi connectivity index (χ4v) is 4.67. The molecule has 2 aromatic carbocycles. The molecular weight excluding hydrogens is 385 g/mol. The van der Waals surface area contributed by atoms with E-state index < -0.39 is 38.1 Å². The van der Waals surface area contributed by atoms with Crippen molar-refractivity contribution in [2.75, 3.05) is 0 Å². The van der Waals surface area contributed by atoms with Gasteiger partial charge in [0.2, 0.25) is 0 Å². The Balaban J connectivity index is 2.52. The predicted molar refractivity (Wildman–Crippen MR) is 96.4 cm³/mol. The predicted octanol–water partition coefficient (Wildman–Crippen LogP) is 6.02. The molecule has 0 radical (unpaired) electrons. The highest BCUT2D eigenvalue weighted by atomic mass is 35.5. The van der Waals surface area contributed by atoms with Gasteiger partial charge in [0.25, 0.3) is 0 Å². The summed E-state index contributed by atoms with van der Waals surface area (Å²) in [5, 5.41) is -1.21. The van der Waals surface area contributed by atoms with Crippen molar-refractivity contribution in [3.05, 3.63) is 77.1 Å². The van der Waals surface area contributed by atoms with Gasteiger partial charge in [-0.25, -0.2) is 21.6 Å². The first kappa shape index (κ1) is 20.5. The summed E-state index contributed by atoms with van der Waals surface area (Å²) in [6, 6.07) is 6.66. The van der Waals surface area contributed by atoms with Crippen molar-refractivity contribution in [3.63, 3.8) is 0 Å². The summed E-state index contributed by atoms with van der Waals surface area (Å²) >= 11 is 5.77. The lowest BCUT2D eigenvalue weighted by molar-refractivity contribution is 0.467. The smallest absolute Gasteiger partial charge is 0.185 e. The minimum Gasteiger partial charge on any atom is -0.223 e. The number of unbranched alkanes of at least 4 members (excludes halogenated alkanes) is 2. The summed E-state index contributed by atoms with van der Waals surface area (Å²) in [6.07, 6.45) is 3.26. The molecule has 7 heteroatoms. The van der Waals surface area contributed by atoms with E-state index in [0.29, 0.717) is 30.4 Å². The normalized spacial score (nSPS) is 12.8. The van der Waals surface area contributed by atoms with Crippen LogP contribution >= 0.6 is 11.6 Å². The highest BCUT2D eigenvalue weighted by molar-refractivity contribution is 7.91. The van der Waals surface area contributed by atoms with Gasteiger partial charge < -0.3 is 0 Å². The minimum atomic E-state index is -4.15. The Bertz CT molecular complexity index is 880. The monoisotopic (exact) mass is 402 g/mol. The van der Waals surface area contributed by atoms with Crippen LogP contribution in [0.5, 0.6) is 0 Å². The van der Waals surface area contributed by atoms with E-state index in [1.807, 2.05) is 0 Å². The fraction of sp³-hybridized carbons (Fsp3) is 0.263. The summed E-state index contributed by atoms with van der Waals surface area (Å²) in [7, 11) is -4.15. The third kappa shape index (κ3) is 4.48. The van der Waals surface area contributed by atoms with Crippen molar-refractivity contribution < 1.29 is 21.6 Å². The minimum absolute atomic E-state index is 0.0455. The Hall–Kier alpha value is -1.79. The summed E-state index contributed by atoms with van der Waals surface area (Å²) in [5.41, 5.74) is -0.765. The van der Waals surface area contributed by atoms with Gasteiger partial charge in [0.1, 0.15) is 5.82 Å². The van der Waals surface area contributed by atoms with Gasteiger partial charge in [-0.3, -0.25) is 0 Å². The summed E-state index contributed by atoms with van der Waals surface area (Å²) in [6.45, 7) is 3.58. The van der Waals surface area contributed by atoms with Crippen LogP contribution < -0.4 is 0 Å². The van der Waals surface area contributed by atoms with Crippen LogP contribution in [0.3, 0.4) is 0 Å². The van der Waals surface area contributed by atoms with Gasteiger partial charge in [0, 0.05) is 10.6 Å². The van der Waals surface area contributed by atoms with Crippen molar-refractivity contribution >= 4 is 21.4 Å². The van der Waals surface area contributed by atoms with E-state index >= 15 is 0 Å². The van der Waals surface area contributed by atoms with E-state index in [1.54, 1.807) is 6.08 Å². The SMILES string of the molecule is C=CCCCCC(c1c(F)ccc(F)c1F)S(=O)(=O)c1ccc(Cl)cc1. The Kier molecular flexibility index (Phi) is 6.89. The second kappa shape index (κ2) is 8.73. The molecule has 2 aromatic rings. The van der Waals surface area contributed by atoms with E-state index in [1.165, 1.54) is 24.3 Å². The number of halogens is 4. The van der Waals surface area contributed by atoms with Crippen LogP contribution in [0.25, 0.3) is 0 Å². The van der Waals surface area contributed by atoms with Crippen LogP contribution in [0.4, 0.5) is 13.2 Å². The molecule has 140 valence electrons. The number of sulfone groups is 1. The number of hydrogen-bond donors (Lipinski definition) is 0. The van der Waals surface area contributed by atoms with Crippen LogP contribution in [-0.2, 0) is 9.84 Å². The van der Waals surface area contributed by atoms with Crippen LogP contribution in [-0.4, -0.2) is 8.42 Å². The van der Waals surface area contributed by atoms with Crippen LogP contribution in [0.2, 0.25) is 5.02 Å². The standard InChI is InChI=1S/C19H18ClF3O2S/c1-2-3-4-5-6-17(18-15(21)11-12-16(22)19(18)23)26(24,25)14-9-7-13(20)8-10-14/h2,7-12,17H,1,3-6H2. The molecule has 0 fully saturated rings. The average Bonchev–Trinajstić information content (AvgIpc) is 2.60. The molecule has 0 N–H and O–H groups in total. The van der Waals surface area contributed by atoms with E-state index in [-0.39, 0.29) is 11.3 Å². The molecule has 26 heavy (non-hydrogen) atoms. The Morgan fingerprint density at radius 1 is 1.00 bits per heavy atom. The molecule has 0 saturated heterocycles. The highest BCUT2D eigenvalue weighted by Gasteiger charge is 2.34. The molecule has 0 bridgehead atoms. The van der Waals surface area contributed by atoms with Crippen molar-refractivity contribution in [2.24, 2.45) is 0 Å². The topological polar surface area (TPSA) is 34.1 Å². The first-order valence-corrected chi connectivity index (χ1v) is 9.95. The molecule has 0 saturated carbocycles. The number of rotatable bonds is 8. The first-order chi connectivity index (χ1) is 12.3. The lowest BCUT2D eigenvalue weighted by Crippen LogP contribution is -2.18. The van der Waals surface area contributed by atoms with Gasteiger partial charge in [0.05, 0.1) is 10.1 Å². The lowest BCUT2D eigenvalue weighted by Gasteiger charge is -2.20. The maximum atomic E-state index is 14.3. The van der Waals surface area contributed by atoms with Crippen LogP contribution in [0.1, 0.15) is 36.5 Å². The second-order valence-corrected chi connectivity index (χ2v) is 8.38. The van der Waals surface area contributed by atoms with Gasteiger partial charge in [-0.15, -0.1) is 6.58 Å². The van der Waals surface area contributed by atoms with E-state index in [2.05, 4.69) is 6.58 Å². The molecule has 0 amide bonds. The Morgan fingerprint density at radius 2 is 1.62 bits per heavy atom. The van der Waals surface area contributed by atoms with Gasteiger partial charge in [-0.1, -0.05) is 24.1 Å². The zero-order chi connectivity index (χ0) is 19.3. The maximum Gasteiger partial charge on any atom is 0.185 e. The van der Waals surface area contributed by atoms with Gasteiger partial charge in [-0.05, 0) is 55.7 Å². The van der Waals surface area contributed by atoms with Crippen molar-refractivity contribution in [3.8, 4) is 0 Å². The molecule has 1 atom stereocenters. The molecule has 0 aromatic heterocycles. The fourth-order valence-electron chi connectivity index (χ4n) is 2.70. The zero-order valence-corrected chi connectivity index (χ0v) is 15.5. The molecule has 1 unspecified atom stereocenters. The Morgan fingerprint density at radius 3 is 2.23 bits per heavy atom. The molecular formula is C19H18ClF3O2S. The maximum absolute atomic E-state index is 14.3. The van der Waals surface area contributed by atoms with E-state index in [0.717, 1.165) is 6.07 Å². The summed E-state index contributed by atoms with van der Waals surface area (Å²) < 4.78 is 68.2. The first-order valence-electron chi connectivity index (χ1n) is 8.02. The number of benzene rings is 2. The molecule has 0 aliphatic heterocycles. The third-order valence-corrected chi connectivity index (χ3v) is 6.44. The quantitative estimate of drug-likeness (QED) is 0.307. The van der Waals surface area contributed by atoms with Crippen LogP contribution in [0, 0.1) is 17.5 Å². The van der Waals surface area contributed by atoms with E-state index in [4.69, 9.17) is 11.6 Å². The average molecular weight is 403 g/mol. The number of allylic oxidation sites excluding steroid dienone is 1. The van der Waals surface area contributed by atoms with E-state index in [9.17, 15) is 21.6 Å². The van der Waals surface area contributed by atoms with Crippen LogP contribution in [0.15, 0.2) is 53.9 Å². The molecule has 2 rings (SSSR count). The molecule has 0 spiro atoms. The third-order valence-electron chi connectivity index (χ3n) is 4.04. The largest absolute Gasteiger partial charge is 0.223 e. The Labute approximate surface area is 156 Å². The van der Waals surface area contributed by atoms with Gasteiger partial charge in [-0.2, -0.15) is 0 Å². The lowest BCUT2D eigenvalue weighted by atomic mass is 10.0. The number of hydrogen-bond acceptors (Lipinski definition) is 2. The summed E-state index contributed by atoms with van der Waals surface area (Å²) in [5.74, 6) is -3.85. The van der Waals surface area contributed by atoms with Crippen molar-refractivity contribution in [1.29, 1.82) is 0 Å². The molecule has 0 heterocycles. The highest BCUT2D eigenvalue weighted by Crippen LogP contribution is 2.37. The molecule has 2 nitrogen and oxygen atoms in total. The second-order valence-electron chi connectivity index (χ2n) is 5.82.